The molecule has 1 aromatic heterocycles. The second-order valence-electron chi connectivity index (χ2n) is 7.04. The molecule has 1 saturated heterocycles. The number of halogens is 1. The van der Waals surface area contributed by atoms with Gasteiger partial charge in [-0.15, -0.1) is 0 Å². The molecule has 0 spiro atoms. The molecule has 2 aromatic rings. The molecule has 1 aliphatic heterocycles. The van der Waals surface area contributed by atoms with E-state index in [2.05, 4.69) is 11.8 Å². The van der Waals surface area contributed by atoms with Crippen LogP contribution in [-0.4, -0.2) is 24.3 Å². The summed E-state index contributed by atoms with van der Waals surface area (Å²) in [6.45, 7) is 4.11. The Morgan fingerprint density at radius 2 is 1.84 bits per heavy atom. The second-order valence-corrected chi connectivity index (χ2v) is 7.04. The molecular formula is C21H27FN2O. The summed E-state index contributed by atoms with van der Waals surface area (Å²) in [4.78, 5) is 14.5. The van der Waals surface area contributed by atoms with Gasteiger partial charge < -0.3 is 9.47 Å². The average molecular weight is 342 g/mol. The second kappa shape index (κ2) is 7.85. The van der Waals surface area contributed by atoms with Gasteiger partial charge in [0.2, 0.25) is 0 Å². The minimum absolute atomic E-state index is 0.0522. The fraction of sp³-hybridized carbons (Fsp3) is 0.476. The van der Waals surface area contributed by atoms with E-state index in [9.17, 15) is 9.18 Å². The molecule has 0 N–H and O–H groups in total. The van der Waals surface area contributed by atoms with Crippen LogP contribution in [0.2, 0.25) is 0 Å². The number of anilines is 1. The van der Waals surface area contributed by atoms with Crippen molar-refractivity contribution in [2.75, 3.05) is 24.7 Å². The minimum Gasteiger partial charge on any atom is -0.371 e. The molecule has 3 nitrogen and oxygen atoms in total. The van der Waals surface area contributed by atoms with Crippen LogP contribution in [0.15, 0.2) is 53.5 Å². The first-order valence-corrected chi connectivity index (χ1v) is 9.25. The summed E-state index contributed by atoms with van der Waals surface area (Å²) in [6.07, 6.45) is 5.52. The molecule has 3 rings (SSSR count). The largest absolute Gasteiger partial charge is 0.371 e. The molecule has 4 heteroatoms. The quantitative estimate of drug-likeness (QED) is 0.788. The molecule has 0 saturated carbocycles. The average Bonchev–Trinajstić information content (AvgIpc) is 2.68. The van der Waals surface area contributed by atoms with Gasteiger partial charge in [0.25, 0.3) is 5.56 Å². The standard InChI is InChI=1S/C21H27FN2O/c1-2-3-12-24-13-9-19(16-20(24)25)23-14-10-21(17-22,11-15-23)18-7-5-4-6-8-18/h4-9,13,16H,2-3,10-12,14-15,17H2,1H3. The van der Waals surface area contributed by atoms with Crippen LogP contribution in [0.4, 0.5) is 10.1 Å². The fourth-order valence-electron chi connectivity index (χ4n) is 3.69. The lowest BCUT2D eigenvalue weighted by molar-refractivity contribution is 0.251. The Morgan fingerprint density at radius 3 is 2.44 bits per heavy atom. The molecule has 0 atom stereocenters. The van der Waals surface area contributed by atoms with Crippen LogP contribution in [0.5, 0.6) is 0 Å². The molecule has 2 heterocycles. The first-order chi connectivity index (χ1) is 12.2. The number of aryl methyl sites for hydroxylation is 1. The number of hydrogen-bond donors (Lipinski definition) is 0. The van der Waals surface area contributed by atoms with Crippen molar-refractivity contribution in [2.45, 2.75) is 44.6 Å². The summed E-state index contributed by atoms with van der Waals surface area (Å²) < 4.78 is 15.7. The highest BCUT2D eigenvalue weighted by molar-refractivity contribution is 5.46. The molecule has 0 bridgehead atoms. The van der Waals surface area contributed by atoms with Crippen molar-refractivity contribution in [3.63, 3.8) is 0 Å². The highest BCUT2D eigenvalue weighted by Crippen LogP contribution is 2.37. The van der Waals surface area contributed by atoms with Crippen LogP contribution in [-0.2, 0) is 12.0 Å². The maximum atomic E-state index is 13.9. The third-order valence-electron chi connectivity index (χ3n) is 5.46. The van der Waals surface area contributed by atoms with E-state index in [-0.39, 0.29) is 17.6 Å². The molecule has 1 aromatic carbocycles. The van der Waals surface area contributed by atoms with Crippen molar-refractivity contribution in [3.8, 4) is 0 Å². The predicted octanol–water partition coefficient (Wildman–Crippen LogP) is 4.16. The minimum atomic E-state index is -0.381. The number of nitrogens with zero attached hydrogens (tertiary/aromatic N) is 2. The molecule has 134 valence electrons. The molecule has 0 amide bonds. The number of hydrogen-bond acceptors (Lipinski definition) is 2. The third-order valence-corrected chi connectivity index (χ3v) is 5.46. The number of benzene rings is 1. The van der Waals surface area contributed by atoms with Gasteiger partial charge in [-0.05, 0) is 30.9 Å². The van der Waals surface area contributed by atoms with E-state index in [0.29, 0.717) is 0 Å². The van der Waals surface area contributed by atoms with Gasteiger partial charge in [-0.2, -0.15) is 0 Å². The number of piperidine rings is 1. The molecule has 0 radical (unpaired) electrons. The van der Waals surface area contributed by atoms with Crippen LogP contribution in [0.1, 0.15) is 38.2 Å². The SMILES string of the molecule is CCCCn1ccc(N2CCC(CF)(c3ccccc3)CC2)cc1=O. The lowest BCUT2D eigenvalue weighted by Crippen LogP contribution is -2.44. The van der Waals surface area contributed by atoms with Crippen LogP contribution in [0, 0.1) is 0 Å². The Kier molecular flexibility index (Phi) is 5.57. The lowest BCUT2D eigenvalue weighted by Gasteiger charge is -2.41. The number of alkyl halides is 1. The fourth-order valence-corrected chi connectivity index (χ4v) is 3.69. The van der Waals surface area contributed by atoms with E-state index in [1.807, 2.05) is 42.6 Å². The molecule has 25 heavy (non-hydrogen) atoms. The van der Waals surface area contributed by atoms with E-state index in [4.69, 9.17) is 0 Å². The molecule has 1 aliphatic rings. The van der Waals surface area contributed by atoms with Crippen LogP contribution < -0.4 is 10.5 Å². The maximum Gasteiger partial charge on any atom is 0.252 e. The summed E-state index contributed by atoms with van der Waals surface area (Å²) in [5, 5.41) is 0. The predicted molar refractivity (Wildman–Crippen MR) is 101 cm³/mol. The maximum absolute atomic E-state index is 13.9. The number of aromatic nitrogens is 1. The van der Waals surface area contributed by atoms with E-state index in [0.717, 1.165) is 56.6 Å². The normalized spacial score (nSPS) is 16.8. The van der Waals surface area contributed by atoms with E-state index < -0.39 is 0 Å². The van der Waals surface area contributed by atoms with E-state index >= 15 is 0 Å². The van der Waals surface area contributed by atoms with Gasteiger partial charge in [0.05, 0.1) is 6.67 Å². The summed E-state index contributed by atoms with van der Waals surface area (Å²) >= 11 is 0. The van der Waals surface area contributed by atoms with Gasteiger partial charge in [0, 0.05) is 43.0 Å². The number of rotatable bonds is 6. The number of unbranched alkanes of at least 4 members (excludes halogenated alkanes) is 1. The third kappa shape index (κ3) is 3.78. The van der Waals surface area contributed by atoms with Gasteiger partial charge in [-0.25, -0.2) is 0 Å². The molecular weight excluding hydrogens is 315 g/mol. The zero-order chi connectivity index (χ0) is 17.7. The Hall–Kier alpha value is -2.10. The summed E-state index contributed by atoms with van der Waals surface area (Å²) in [7, 11) is 0. The van der Waals surface area contributed by atoms with Crippen molar-refractivity contribution >= 4 is 5.69 Å². The van der Waals surface area contributed by atoms with Gasteiger partial charge >= 0.3 is 0 Å². The zero-order valence-electron chi connectivity index (χ0n) is 15.0. The van der Waals surface area contributed by atoms with Crippen molar-refractivity contribution < 1.29 is 4.39 Å². The first kappa shape index (κ1) is 17.7. The summed E-state index contributed by atoms with van der Waals surface area (Å²) in [5.41, 5.74) is 1.72. The highest BCUT2D eigenvalue weighted by atomic mass is 19.1. The lowest BCUT2D eigenvalue weighted by atomic mass is 9.74. The Bertz CT molecular complexity index is 733. The topological polar surface area (TPSA) is 25.2 Å². The summed E-state index contributed by atoms with van der Waals surface area (Å²) in [5.74, 6) is 0. The Balaban J connectivity index is 1.72. The molecule has 1 fully saturated rings. The molecule has 0 aliphatic carbocycles. The van der Waals surface area contributed by atoms with Crippen molar-refractivity contribution in [1.29, 1.82) is 0 Å². The monoisotopic (exact) mass is 342 g/mol. The zero-order valence-corrected chi connectivity index (χ0v) is 15.0. The van der Waals surface area contributed by atoms with Gasteiger partial charge in [-0.1, -0.05) is 43.7 Å². The van der Waals surface area contributed by atoms with Crippen molar-refractivity contribution in [2.24, 2.45) is 0 Å². The van der Waals surface area contributed by atoms with E-state index in [1.54, 1.807) is 10.6 Å². The van der Waals surface area contributed by atoms with E-state index in [1.165, 1.54) is 0 Å². The van der Waals surface area contributed by atoms with Crippen molar-refractivity contribution in [1.82, 2.24) is 4.57 Å². The highest BCUT2D eigenvalue weighted by Gasteiger charge is 2.36. The first-order valence-electron chi connectivity index (χ1n) is 9.25. The van der Waals surface area contributed by atoms with Gasteiger partial charge in [0.15, 0.2) is 0 Å². The Labute approximate surface area is 149 Å². The Morgan fingerprint density at radius 1 is 1.12 bits per heavy atom. The summed E-state index contributed by atoms with van der Waals surface area (Å²) in [6, 6.07) is 13.7. The van der Waals surface area contributed by atoms with Crippen LogP contribution >= 0.6 is 0 Å². The van der Waals surface area contributed by atoms with Gasteiger partial charge in [0.1, 0.15) is 0 Å². The van der Waals surface area contributed by atoms with Crippen LogP contribution in [0.25, 0.3) is 0 Å². The van der Waals surface area contributed by atoms with Gasteiger partial charge in [-0.3, -0.25) is 9.18 Å². The smallest absolute Gasteiger partial charge is 0.252 e. The van der Waals surface area contributed by atoms with Crippen LogP contribution in [0.3, 0.4) is 0 Å². The van der Waals surface area contributed by atoms with Crippen molar-refractivity contribution in [3.05, 3.63) is 64.6 Å². The number of pyridine rings is 1. The molecule has 0 unspecified atom stereocenters.